The number of hydrogen-bond donors (Lipinski definition) is 1. The highest BCUT2D eigenvalue weighted by Gasteiger charge is 2.02. The molecular formula is C14H13Br2NO. The van der Waals surface area contributed by atoms with Crippen LogP contribution in [-0.4, -0.2) is 0 Å². The van der Waals surface area contributed by atoms with Crippen LogP contribution >= 0.6 is 31.9 Å². The van der Waals surface area contributed by atoms with E-state index in [1.54, 1.807) is 0 Å². The summed E-state index contributed by atoms with van der Waals surface area (Å²) in [6, 6.07) is 13.9. The maximum absolute atomic E-state index is 5.91. The molecule has 0 aromatic heterocycles. The minimum atomic E-state index is 0.514. The van der Waals surface area contributed by atoms with Crippen molar-refractivity contribution in [2.45, 2.75) is 13.2 Å². The molecule has 0 aliphatic carbocycles. The summed E-state index contributed by atoms with van der Waals surface area (Å²) < 4.78 is 7.73. The first kappa shape index (κ1) is 13.6. The minimum absolute atomic E-state index is 0.514. The van der Waals surface area contributed by atoms with E-state index >= 15 is 0 Å². The maximum atomic E-state index is 5.91. The largest absolute Gasteiger partial charge is 0.398 e. The lowest BCUT2D eigenvalue weighted by atomic mass is 10.2. The molecule has 2 nitrogen and oxygen atoms in total. The van der Waals surface area contributed by atoms with Gasteiger partial charge < -0.3 is 10.5 Å². The Morgan fingerprint density at radius 3 is 2.39 bits per heavy atom. The summed E-state index contributed by atoms with van der Waals surface area (Å²) in [5.41, 5.74) is 8.80. The molecule has 2 N–H and O–H groups in total. The number of rotatable bonds is 4. The summed E-state index contributed by atoms with van der Waals surface area (Å²) in [5, 5.41) is 0. The van der Waals surface area contributed by atoms with E-state index < -0.39 is 0 Å². The van der Waals surface area contributed by atoms with Crippen LogP contribution in [0.4, 0.5) is 5.69 Å². The van der Waals surface area contributed by atoms with Gasteiger partial charge in [0.05, 0.1) is 13.2 Å². The zero-order chi connectivity index (χ0) is 13.0. The highest BCUT2D eigenvalue weighted by molar-refractivity contribution is 9.10. The third kappa shape index (κ3) is 3.57. The monoisotopic (exact) mass is 369 g/mol. The van der Waals surface area contributed by atoms with Crippen LogP contribution in [0.15, 0.2) is 51.4 Å². The summed E-state index contributed by atoms with van der Waals surface area (Å²) in [7, 11) is 0. The van der Waals surface area contributed by atoms with E-state index in [2.05, 4.69) is 31.9 Å². The smallest absolute Gasteiger partial charge is 0.0741 e. The number of hydrogen-bond acceptors (Lipinski definition) is 2. The van der Waals surface area contributed by atoms with E-state index in [-0.39, 0.29) is 0 Å². The molecule has 0 saturated carbocycles. The van der Waals surface area contributed by atoms with Crippen LogP contribution in [0, 0.1) is 0 Å². The second kappa shape index (κ2) is 6.36. The van der Waals surface area contributed by atoms with Crippen molar-refractivity contribution in [2.24, 2.45) is 0 Å². The zero-order valence-corrected chi connectivity index (χ0v) is 12.9. The van der Waals surface area contributed by atoms with Crippen molar-refractivity contribution in [1.29, 1.82) is 0 Å². The summed E-state index contributed by atoms with van der Waals surface area (Å²) in [6.07, 6.45) is 0. The highest BCUT2D eigenvalue weighted by atomic mass is 79.9. The van der Waals surface area contributed by atoms with Crippen molar-refractivity contribution in [1.82, 2.24) is 0 Å². The van der Waals surface area contributed by atoms with Gasteiger partial charge in [-0.1, -0.05) is 56.1 Å². The second-order valence-corrected chi connectivity index (χ2v) is 5.70. The van der Waals surface area contributed by atoms with Crippen LogP contribution in [0.25, 0.3) is 0 Å². The molecule has 0 amide bonds. The van der Waals surface area contributed by atoms with Gasteiger partial charge in [0.15, 0.2) is 0 Å². The van der Waals surface area contributed by atoms with Crippen molar-refractivity contribution < 1.29 is 4.74 Å². The third-order valence-electron chi connectivity index (χ3n) is 2.58. The fourth-order valence-electron chi connectivity index (χ4n) is 1.58. The number of anilines is 1. The van der Waals surface area contributed by atoms with Crippen LogP contribution in [0.2, 0.25) is 0 Å². The van der Waals surface area contributed by atoms with Crippen molar-refractivity contribution in [3.63, 3.8) is 0 Å². The normalized spacial score (nSPS) is 10.6. The van der Waals surface area contributed by atoms with Crippen molar-refractivity contribution in [3.8, 4) is 0 Å². The number of halogens is 2. The first-order valence-electron chi connectivity index (χ1n) is 5.52. The molecule has 2 aromatic carbocycles. The first-order chi connectivity index (χ1) is 8.66. The average molecular weight is 371 g/mol. The number of nitrogen functional groups attached to an aromatic ring is 1. The van der Waals surface area contributed by atoms with E-state index in [9.17, 15) is 0 Å². The molecule has 94 valence electrons. The summed E-state index contributed by atoms with van der Waals surface area (Å²) >= 11 is 6.88. The van der Waals surface area contributed by atoms with E-state index in [4.69, 9.17) is 10.5 Å². The molecule has 18 heavy (non-hydrogen) atoms. The zero-order valence-electron chi connectivity index (χ0n) is 9.70. The predicted octanol–water partition coefficient (Wildman–Crippen LogP) is 4.51. The molecule has 0 aliphatic heterocycles. The van der Waals surface area contributed by atoms with Gasteiger partial charge in [-0.2, -0.15) is 0 Å². The van der Waals surface area contributed by atoms with E-state index in [1.807, 2.05) is 42.5 Å². The molecule has 0 atom stereocenters. The first-order valence-corrected chi connectivity index (χ1v) is 7.10. The van der Waals surface area contributed by atoms with Gasteiger partial charge in [0.1, 0.15) is 0 Å². The molecule has 2 rings (SSSR count). The molecule has 0 fully saturated rings. The van der Waals surface area contributed by atoms with Crippen molar-refractivity contribution in [3.05, 3.63) is 62.5 Å². The van der Waals surface area contributed by atoms with E-state index in [0.717, 1.165) is 25.8 Å². The van der Waals surface area contributed by atoms with Crippen molar-refractivity contribution >= 4 is 37.5 Å². The van der Waals surface area contributed by atoms with Gasteiger partial charge in [0, 0.05) is 20.2 Å². The Bertz CT molecular complexity index is 543. The Hall–Kier alpha value is -0.840. The molecule has 4 heteroatoms. The van der Waals surface area contributed by atoms with E-state index in [0.29, 0.717) is 13.2 Å². The van der Waals surface area contributed by atoms with E-state index in [1.165, 1.54) is 0 Å². The molecule has 2 aromatic rings. The van der Waals surface area contributed by atoms with Crippen LogP contribution in [0.3, 0.4) is 0 Å². The lowest BCUT2D eigenvalue weighted by Gasteiger charge is -2.08. The number of ether oxygens (including phenoxy) is 1. The third-order valence-corrected chi connectivity index (χ3v) is 3.85. The summed E-state index contributed by atoms with van der Waals surface area (Å²) in [4.78, 5) is 0. The fraction of sp³-hybridized carbons (Fsp3) is 0.143. The van der Waals surface area contributed by atoms with Crippen LogP contribution in [0.1, 0.15) is 11.1 Å². The molecule has 0 spiro atoms. The Morgan fingerprint density at radius 2 is 1.67 bits per heavy atom. The molecule has 0 unspecified atom stereocenters. The molecule has 0 saturated heterocycles. The Kier molecular flexibility index (Phi) is 4.80. The van der Waals surface area contributed by atoms with Crippen LogP contribution in [0.5, 0.6) is 0 Å². The van der Waals surface area contributed by atoms with Gasteiger partial charge in [-0.15, -0.1) is 0 Å². The van der Waals surface area contributed by atoms with Gasteiger partial charge >= 0.3 is 0 Å². The summed E-state index contributed by atoms with van der Waals surface area (Å²) in [5.74, 6) is 0. The molecule has 0 bridgehead atoms. The lowest BCUT2D eigenvalue weighted by Crippen LogP contribution is -1.99. The van der Waals surface area contributed by atoms with Gasteiger partial charge in [-0.05, 0) is 23.8 Å². The Morgan fingerprint density at radius 1 is 0.944 bits per heavy atom. The Labute approximate surface area is 123 Å². The second-order valence-electron chi connectivity index (χ2n) is 3.93. The SMILES string of the molecule is Nc1cc(Br)ccc1COCc1ccccc1Br. The molecule has 0 radical (unpaired) electrons. The fourth-order valence-corrected chi connectivity index (χ4v) is 2.36. The molecular weight excluding hydrogens is 358 g/mol. The molecule has 0 heterocycles. The Balaban J connectivity index is 1.95. The quantitative estimate of drug-likeness (QED) is 0.803. The van der Waals surface area contributed by atoms with Gasteiger partial charge in [0.25, 0.3) is 0 Å². The standard InChI is InChI=1S/C14H13Br2NO/c15-12-6-5-11(14(17)7-12)9-18-8-10-3-1-2-4-13(10)16/h1-7H,8-9,17H2. The maximum Gasteiger partial charge on any atom is 0.0741 e. The summed E-state index contributed by atoms with van der Waals surface area (Å²) in [6.45, 7) is 1.08. The van der Waals surface area contributed by atoms with Crippen LogP contribution in [-0.2, 0) is 18.0 Å². The highest BCUT2D eigenvalue weighted by Crippen LogP contribution is 2.21. The lowest BCUT2D eigenvalue weighted by molar-refractivity contribution is 0.107. The molecule has 0 aliphatic rings. The van der Waals surface area contributed by atoms with Gasteiger partial charge in [-0.25, -0.2) is 0 Å². The average Bonchev–Trinajstić information content (AvgIpc) is 2.34. The van der Waals surface area contributed by atoms with Gasteiger partial charge in [-0.3, -0.25) is 0 Å². The topological polar surface area (TPSA) is 35.2 Å². The minimum Gasteiger partial charge on any atom is -0.398 e. The van der Waals surface area contributed by atoms with Gasteiger partial charge in [0.2, 0.25) is 0 Å². The van der Waals surface area contributed by atoms with Crippen LogP contribution < -0.4 is 5.73 Å². The number of nitrogens with two attached hydrogens (primary N) is 1. The predicted molar refractivity (Wildman–Crippen MR) is 81.2 cm³/mol. The number of benzene rings is 2. The van der Waals surface area contributed by atoms with Crippen molar-refractivity contribution in [2.75, 3.05) is 5.73 Å².